The summed E-state index contributed by atoms with van der Waals surface area (Å²) in [6.07, 6.45) is -0.318. The van der Waals surface area contributed by atoms with E-state index in [1.807, 2.05) is 33.8 Å². The van der Waals surface area contributed by atoms with Crippen LogP contribution in [0.4, 0.5) is 9.18 Å². The molecule has 1 aromatic rings. The highest BCUT2D eigenvalue weighted by molar-refractivity contribution is 5.69. The number of likely N-dealkylation sites (tertiary alicyclic amines) is 1. The van der Waals surface area contributed by atoms with E-state index in [1.165, 1.54) is 6.07 Å². The van der Waals surface area contributed by atoms with Gasteiger partial charge in [0.05, 0.1) is 11.5 Å². The summed E-state index contributed by atoms with van der Waals surface area (Å²) < 4.78 is 18.9. The van der Waals surface area contributed by atoms with Gasteiger partial charge in [-0.1, -0.05) is 17.9 Å². The second-order valence-corrected chi connectivity index (χ2v) is 6.33. The van der Waals surface area contributed by atoms with E-state index in [2.05, 4.69) is 11.8 Å². The monoisotopic (exact) mass is 289 g/mol. The molecule has 0 atom stereocenters. The molecule has 0 N–H and O–H groups in total. The first-order chi connectivity index (χ1) is 9.74. The summed E-state index contributed by atoms with van der Waals surface area (Å²) in [6, 6.07) is 4.99. The Morgan fingerprint density at radius 1 is 1.38 bits per heavy atom. The van der Waals surface area contributed by atoms with E-state index in [4.69, 9.17) is 4.74 Å². The van der Waals surface area contributed by atoms with E-state index in [9.17, 15) is 9.18 Å². The van der Waals surface area contributed by atoms with Crippen molar-refractivity contribution in [3.05, 3.63) is 35.1 Å². The maximum atomic E-state index is 13.6. The predicted molar refractivity (Wildman–Crippen MR) is 79.3 cm³/mol. The normalized spacial score (nSPS) is 15.0. The lowest BCUT2D eigenvalue weighted by Crippen LogP contribution is -2.51. The molecule has 1 fully saturated rings. The molecule has 0 unspecified atom stereocenters. The fourth-order valence-electron chi connectivity index (χ4n) is 1.95. The summed E-state index contributed by atoms with van der Waals surface area (Å²) in [7, 11) is 0. The second-order valence-electron chi connectivity index (χ2n) is 6.33. The summed E-state index contributed by atoms with van der Waals surface area (Å²) in [5, 5.41) is 0. The molecule has 0 radical (unpaired) electrons. The minimum atomic E-state index is -0.487. The van der Waals surface area contributed by atoms with Gasteiger partial charge >= 0.3 is 6.09 Å². The van der Waals surface area contributed by atoms with Crippen LogP contribution in [0.15, 0.2) is 18.2 Å². The molecule has 4 heteroatoms. The predicted octanol–water partition coefficient (Wildman–Crippen LogP) is 3.35. The average molecular weight is 289 g/mol. The Morgan fingerprint density at radius 2 is 2.05 bits per heavy atom. The van der Waals surface area contributed by atoms with Gasteiger partial charge in [0.25, 0.3) is 0 Å². The van der Waals surface area contributed by atoms with Gasteiger partial charge in [0.15, 0.2) is 0 Å². The van der Waals surface area contributed by atoms with Crippen LogP contribution in [0.3, 0.4) is 0 Å². The Bertz CT molecular complexity index is 601. The first kappa shape index (κ1) is 15.4. The number of halogens is 1. The Hall–Kier alpha value is -2.02. The van der Waals surface area contributed by atoms with Crippen molar-refractivity contribution in [2.45, 2.75) is 33.3 Å². The van der Waals surface area contributed by atoms with Gasteiger partial charge in [-0.2, -0.15) is 0 Å². The summed E-state index contributed by atoms with van der Waals surface area (Å²) in [5.41, 5.74) is 0.785. The summed E-state index contributed by atoms with van der Waals surface area (Å²) in [5.74, 6) is 5.63. The van der Waals surface area contributed by atoms with E-state index < -0.39 is 5.60 Å². The first-order valence-corrected chi connectivity index (χ1v) is 7.00. The molecule has 0 aromatic heterocycles. The Balaban J connectivity index is 1.89. The minimum Gasteiger partial charge on any atom is -0.444 e. The van der Waals surface area contributed by atoms with E-state index in [0.29, 0.717) is 18.7 Å². The highest BCUT2D eigenvalue weighted by atomic mass is 19.1. The maximum Gasteiger partial charge on any atom is 0.410 e. The number of carbonyl (C=O) groups is 1. The van der Waals surface area contributed by atoms with Crippen molar-refractivity contribution in [3.8, 4) is 11.8 Å². The SMILES string of the molecule is Cc1ccc(C#CC2CN(C(=O)OC(C)(C)C)C2)c(F)c1. The molecule has 0 aliphatic carbocycles. The van der Waals surface area contributed by atoms with Gasteiger partial charge < -0.3 is 9.64 Å². The van der Waals surface area contributed by atoms with Crippen LogP contribution in [-0.4, -0.2) is 29.7 Å². The van der Waals surface area contributed by atoms with Crippen LogP contribution >= 0.6 is 0 Å². The van der Waals surface area contributed by atoms with Gasteiger partial charge in [-0.05, 0) is 45.4 Å². The average Bonchev–Trinajstić information content (AvgIpc) is 2.27. The van der Waals surface area contributed by atoms with Crippen LogP contribution < -0.4 is 0 Å². The van der Waals surface area contributed by atoms with E-state index in [0.717, 1.165) is 5.56 Å². The highest BCUT2D eigenvalue weighted by Gasteiger charge is 2.32. The Kier molecular flexibility index (Phi) is 4.22. The van der Waals surface area contributed by atoms with Crippen LogP contribution in [0, 0.1) is 30.5 Å². The third-order valence-corrected chi connectivity index (χ3v) is 3.07. The zero-order valence-electron chi connectivity index (χ0n) is 12.9. The molecule has 1 aliphatic heterocycles. The Labute approximate surface area is 125 Å². The molecular formula is C17H20FNO2. The van der Waals surface area contributed by atoms with E-state index in [1.54, 1.807) is 11.0 Å². The summed E-state index contributed by atoms with van der Waals surface area (Å²) in [6.45, 7) is 8.42. The van der Waals surface area contributed by atoms with Crippen molar-refractivity contribution in [1.29, 1.82) is 0 Å². The van der Waals surface area contributed by atoms with Crippen molar-refractivity contribution >= 4 is 6.09 Å². The third-order valence-electron chi connectivity index (χ3n) is 3.07. The standard InChI is InChI=1S/C17H20FNO2/c1-12-5-7-14(15(18)9-12)8-6-13-10-19(11-13)16(20)21-17(2,3)4/h5,7,9,13H,10-11H2,1-4H3. The maximum absolute atomic E-state index is 13.6. The molecule has 1 heterocycles. The molecule has 0 bridgehead atoms. The number of hydrogen-bond acceptors (Lipinski definition) is 2. The van der Waals surface area contributed by atoms with Gasteiger partial charge in [0.1, 0.15) is 11.4 Å². The number of nitrogens with zero attached hydrogens (tertiary/aromatic N) is 1. The smallest absolute Gasteiger partial charge is 0.410 e. The van der Waals surface area contributed by atoms with E-state index in [-0.39, 0.29) is 17.8 Å². The van der Waals surface area contributed by atoms with Gasteiger partial charge in [-0.25, -0.2) is 9.18 Å². The van der Waals surface area contributed by atoms with Crippen molar-refractivity contribution < 1.29 is 13.9 Å². The molecule has 3 nitrogen and oxygen atoms in total. The molecule has 21 heavy (non-hydrogen) atoms. The zero-order valence-corrected chi connectivity index (χ0v) is 12.9. The molecule has 2 rings (SSSR count). The fraction of sp³-hybridized carbons (Fsp3) is 0.471. The van der Waals surface area contributed by atoms with Crippen molar-refractivity contribution in [1.82, 2.24) is 4.90 Å². The lowest BCUT2D eigenvalue weighted by molar-refractivity contribution is 0.00592. The zero-order chi connectivity index (χ0) is 15.6. The molecule has 1 aromatic carbocycles. The number of aryl methyl sites for hydroxylation is 1. The molecule has 0 spiro atoms. The van der Waals surface area contributed by atoms with Crippen LogP contribution in [-0.2, 0) is 4.74 Å². The third kappa shape index (κ3) is 4.22. The molecule has 0 saturated carbocycles. The van der Waals surface area contributed by atoms with Crippen LogP contribution in [0.2, 0.25) is 0 Å². The Morgan fingerprint density at radius 3 is 2.62 bits per heavy atom. The number of hydrogen-bond donors (Lipinski definition) is 0. The second kappa shape index (κ2) is 5.77. The molecule has 112 valence electrons. The van der Waals surface area contributed by atoms with Crippen molar-refractivity contribution in [2.24, 2.45) is 5.92 Å². The van der Waals surface area contributed by atoms with Crippen LogP contribution in [0.1, 0.15) is 31.9 Å². The number of benzene rings is 1. The summed E-state index contributed by atoms with van der Waals surface area (Å²) in [4.78, 5) is 13.4. The van der Waals surface area contributed by atoms with Crippen molar-refractivity contribution in [3.63, 3.8) is 0 Å². The lowest BCUT2D eigenvalue weighted by Gasteiger charge is -2.37. The molecular weight excluding hydrogens is 269 g/mol. The van der Waals surface area contributed by atoms with Gasteiger partial charge in [0.2, 0.25) is 0 Å². The molecule has 1 amide bonds. The number of amides is 1. The topological polar surface area (TPSA) is 29.5 Å². The van der Waals surface area contributed by atoms with Crippen LogP contribution in [0.5, 0.6) is 0 Å². The van der Waals surface area contributed by atoms with Gasteiger partial charge in [-0.3, -0.25) is 0 Å². The minimum absolute atomic E-state index is 0.0817. The highest BCUT2D eigenvalue weighted by Crippen LogP contribution is 2.19. The van der Waals surface area contributed by atoms with Crippen LogP contribution in [0.25, 0.3) is 0 Å². The van der Waals surface area contributed by atoms with E-state index >= 15 is 0 Å². The lowest BCUT2D eigenvalue weighted by atomic mass is 10.0. The number of ether oxygens (including phenoxy) is 1. The van der Waals surface area contributed by atoms with Gasteiger partial charge in [0, 0.05) is 13.1 Å². The first-order valence-electron chi connectivity index (χ1n) is 7.00. The fourth-order valence-corrected chi connectivity index (χ4v) is 1.95. The van der Waals surface area contributed by atoms with Gasteiger partial charge in [-0.15, -0.1) is 0 Å². The largest absolute Gasteiger partial charge is 0.444 e. The van der Waals surface area contributed by atoms with Crippen molar-refractivity contribution in [2.75, 3.05) is 13.1 Å². The molecule has 1 saturated heterocycles. The number of rotatable bonds is 0. The number of carbonyl (C=O) groups excluding carboxylic acids is 1. The molecule has 1 aliphatic rings. The quantitative estimate of drug-likeness (QED) is 0.685. The summed E-state index contributed by atoms with van der Waals surface area (Å²) >= 11 is 0.